The van der Waals surface area contributed by atoms with E-state index >= 15 is 0 Å². The highest BCUT2D eigenvalue weighted by molar-refractivity contribution is 7.19. The fourth-order valence-corrected chi connectivity index (χ4v) is 4.33. The maximum Gasteiger partial charge on any atom is 0.159 e. The van der Waals surface area contributed by atoms with E-state index in [9.17, 15) is 0 Å². The summed E-state index contributed by atoms with van der Waals surface area (Å²) in [7, 11) is 0. The average molecular weight is 337 g/mol. The fraction of sp³-hybridized carbons (Fsp3) is 0.333. The summed E-state index contributed by atoms with van der Waals surface area (Å²) in [6, 6.07) is 5.76. The van der Waals surface area contributed by atoms with Gasteiger partial charge in [-0.05, 0) is 43.4 Å². The number of hydrazone groups is 1. The Bertz CT molecular complexity index is 885. The molecule has 0 saturated carbocycles. The van der Waals surface area contributed by atoms with Gasteiger partial charge in [-0.3, -0.25) is 10.4 Å². The van der Waals surface area contributed by atoms with Crippen molar-refractivity contribution in [2.24, 2.45) is 5.10 Å². The lowest BCUT2D eigenvalue weighted by atomic mass is 9.97. The summed E-state index contributed by atoms with van der Waals surface area (Å²) in [6.07, 6.45) is 9.08. The molecule has 6 heteroatoms. The third-order valence-corrected chi connectivity index (χ3v) is 5.42. The van der Waals surface area contributed by atoms with Crippen LogP contribution in [0.5, 0.6) is 0 Å². The molecule has 4 rings (SSSR count). The van der Waals surface area contributed by atoms with Crippen LogP contribution in [0.1, 0.15) is 41.7 Å². The molecule has 0 amide bonds. The smallest absolute Gasteiger partial charge is 0.159 e. The molecule has 3 aromatic rings. The number of rotatable bonds is 4. The van der Waals surface area contributed by atoms with E-state index in [1.54, 1.807) is 12.4 Å². The van der Waals surface area contributed by atoms with E-state index in [0.29, 0.717) is 0 Å². The Morgan fingerprint density at radius 1 is 1.25 bits per heavy atom. The molecule has 3 heterocycles. The molecule has 0 aromatic carbocycles. The van der Waals surface area contributed by atoms with Gasteiger partial charge in [-0.25, -0.2) is 9.97 Å². The third-order valence-electron chi connectivity index (χ3n) is 4.23. The highest BCUT2D eigenvalue weighted by Gasteiger charge is 2.20. The summed E-state index contributed by atoms with van der Waals surface area (Å²) in [4.78, 5) is 16.2. The first-order valence-corrected chi connectivity index (χ1v) is 9.18. The number of aromatic nitrogens is 3. The Morgan fingerprint density at radius 3 is 3.00 bits per heavy atom. The number of thiophene rings is 1. The second-order valence-electron chi connectivity index (χ2n) is 5.86. The van der Waals surface area contributed by atoms with Crippen molar-refractivity contribution in [2.45, 2.75) is 39.0 Å². The molecule has 122 valence electrons. The summed E-state index contributed by atoms with van der Waals surface area (Å²) in [5.74, 6) is 1.68. The lowest BCUT2D eigenvalue weighted by molar-refractivity contribution is 0.700. The summed E-state index contributed by atoms with van der Waals surface area (Å²) < 4.78 is 0. The Balaban J connectivity index is 1.72. The van der Waals surface area contributed by atoms with Crippen molar-refractivity contribution in [2.75, 3.05) is 5.43 Å². The predicted molar refractivity (Wildman–Crippen MR) is 98.9 cm³/mol. The van der Waals surface area contributed by atoms with E-state index in [2.05, 4.69) is 27.4 Å². The maximum atomic E-state index is 4.73. The minimum absolute atomic E-state index is 0.817. The van der Waals surface area contributed by atoms with Gasteiger partial charge in [0, 0.05) is 17.5 Å². The van der Waals surface area contributed by atoms with E-state index in [-0.39, 0.29) is 0 Å². The zero-order chi connectivity index (χ0) is 16.4. The van der Waals surface area contributed by atoms with Gasteiger partial charge in [0.15, 0.2) is 5.82 Å². The predicted octanol–water partition coefficient (Wildman–Crippen LogP) is 3.97. The van der Waals surface area contributed by atoms with Gasteiger partial charge >= 0.3 is 0 Å². The van der Waals surface area contributed by atoms with Crippen LogP contribution in [0.15, 0.2) is 29.5 Å². The molecule has 0 radical (unpaired) electrons. The number of nitrogens with one attached hydrogen (secondary N) is 1. The third kappa shape index (κ3) is 2.89. The van der Waals surface area contributed by atoms with Crippen molar-refractivity contribution in [1.82, 2.24) is 15.0 Å². The molecule has 3 aromatic heterocycles. The van der Waals surface area contributed by atoms with Crippen LogP contribution < -0.4 is 5.43 Å². The summed E-state index contributed by atoms with van der Waals surface area (Å²) in [5, 5.41) is 5.50. The van der Waals surface area contributed by atoms with E-state index in [1.807, 2.05) is 29.5 Å². The first-order valence-electron chi connectivity index (χ1n) is 8.36. The molecule has 0 fully saturated rings. The van der Waals surface area contributed by atoms with Crippen molar-refractivity contribution >= 4 is 33.6 Å². The first kappa shape index (κ1) is 15.2. The minimum atomic E-state index is 0.817. The average Bonchev–Trinajstić information content (AvgIpc) is 3.01. The monoisotopic (exact) mass is 337 g/mol. The van der Waals surface area contributed by atoms with E-state index in [1.165, 1.54) is 23.3 Å². The van der Waals surface area contributed by atoms with Gasteiger partial charge in [0.25, 0.3) is 0 Å². The second kappa shape index (κ2) is 6.65. The van der Waals surface area contributed by atoms with Gasteiger partial charge in [0.05, 0.1) is 17.3 Å². The Labute approximate surface area is 144 Å². The van der Waals surface area contributed by atoms with Crippen LogP contribution in [0.25, 0.3) is 10.2 Å². The molecular formula is C18H19N5S. The molecular weight excluding hydrogens is 318 g/mol. The zero-order valence-electron chi connectivity index (χ0n) is 13.6. The standard InChI is InChI=1S/C18H19N5S/c1-2-15-21-17(23-20-11-12-7-5-6-10-19-12)16-13-8-3-4-9-14(13)24-18(16)22-15/h5-7,10-11H,2-4,8-9H2,1H3,(H,21,22,23)/b20-11-. The molecule has 0 unspecified atom stereocenters. The lowest BCUT2D eigenvalue weighted by Gasteiger charge is -2.11. The number of aryl methyl sites for hydroxylation is 3. The summed E-state index contributed by atoms with van der Waals surface area (Å²) >= 11 is 1.82. The largest absolute Gasteiger partial charge is 0.261 e. The van der Waals surface area contributed by atoms with Gasteiger partial charge in [-0.1, -0.05) is 13.0 Å². The molecule has 5 nitrogen and oxygen atoms in total. The maximum absolute atomic E-state index is 4.73. The minimum Gasteiger partial charge on any atom is -0.261 e. The molecule has 1 N–H and O–H groups in total. The van der Waals surface area contributed by atoms with Crippen LogP contribution in [0.4, 0.5) is 5.82 Å². The van der Waals surface area contributed by atoms with Gasteiger partial charge in [0.1, 0.15) is 10.7 Å². The molecule has 0 saturated heterocycles. The molecule has 0 aliphatic heterocycles. The zero-order valence-corrected chi connectivity index (χ0v) is 14.4. The lowest BCUT2D eigenvalue weighted by Crippen LogP contribution is -2.03. The van der Waals surface area contributed by atoms with Crippen molar-refractivity contribution in [3.63, 3.8) is 0 Å². The normalized spacial score (nSPS) is 14.2. The number of pyridine rings is 1. The van der Waals surface area contributed by atoms with Crippen molar-refractivity contribution < 1.29 is 0 Å². The fourth-order valence-electron chi connectivity index (χ4n) is 3.05. The molecule has 0 atom stereocenters. The van der Waals surface area contributed by atoms with Gasteiger partial charge in [-0.15, -0.1) is 11.3 Å². The van der Waals surface area contributed by atoms with Crippen LogP contribution >= 0.6 is 11.3 Å². The summed E-state index contributed by atoms with van der Waals surface area (Å²) in [5.41, 5.74) is 5.37. The van der Waals surface area contributed by atoms with Crippen LogP contribution in [0.2, 0.25) is 0 Å². The van der Waals surface area contributed by atoms with Gasteiger partial charge in [0.2, 0.25) is 0 Å². The van der Waals surface area contributed by atoms with Crippen molar-refractivity contribution in [3.8, 4) is 0 Å². The SMILES string of the molecule is CCc1nc(N/N=C\c2ccccn2)c2c3c(sc2n1)CCCC3. The molecule has 24 heavy (non-hydrogen) atoms. The van der Waals surface area contributed by atoms with E-state index in [4.69, 9.17) is 4.98 Å². The summed E-state index contributed by atoms with van der Waals surface area (Å²) in [6.45, 7) is 2.08. The highest BCUT2D eigenvalue weighted by atomic mass is 32.1. The first-order chi connectivity index (χ1) is 11.8. The van der Waals surface area contributed by atoms with Crippen LogP contribution in [-0.4, -0.2) is 21.2 Å². The van der Waals surface area contributed by atoms with Crippen LogP contribution in [0.3, 0.4) is 0 Å². The Kier molecular flexibility index (Phi) is 4.21. The number of anilines is 1. The quantitative estimate of drug-likeness (QED) is 0.578. The van der Waals surface area contributed by atoms with Gasteiger partial charge < -0.3 is 0 Å². The molecule has 0 bridgehead atoms. The molecule has 0 spiro atoms. The molecule has 1 aliphatic carbocycles. The molecule has 1 aliphatic rings. The number of nitrogens with zero attached hydrogens (tertiary/aromatic N) is 4. The highest BCUT2D eigenvalue weighted by Crippen LogP contribution is 2.38. The number of fused-ring (bicyclic) bond motifs is 3. The topological polar surface area (TPSA) is 63.1 Å². The van der Waals surface area contributed by atoms with Crippen molar-refractivity contribution in [1.29, 1.82) is 0 Å². The number of hydrogen-bond acceptors (Lipinski definition) is 6. The Morgan fingerprint density at radius 2 is 2.17 bits per heavy atom. The van der Waals surface area contributed by atoms with Crippen molar-refractivity contribution in [3.05, 3.63) is 46.4 Å². The van der Waals surface area contributed by atoms with Gasteiger partial charge in [-0.2, -0.15) is 5.10 Å². The Hall–Kier alpha value is -2.34. The van der Waals surface area contributed by atoms with E-state index in [0.717, 1.165) is 46.8 Å². The van der Waals surface area contributed by atoms with Crippen LogP contribution in [0, 0.1) is 0 Å². The second-order valence-corrected chi connectivity index (χ2v) is 6.94. The van der Waals surface area contributed by atoms with Crippen LogP contribution in [-0.2, 0) is 19.3 Å². The number of hydrogen-bond donors (Lipinski definition) is 1. The van der Waals surface area contributed by atoms with E-state index < -0.39 is 0 Å².